The predicted molar refractivity (Wildman–Crippen MR) is 26.4 cm³/mol. The molecule has 9 heavy (non-hydrogen) atoms. The Hall–Kier alpha value is -0.630. The van der Waals surface area contributed by atoms with E-state index in [0.717, 1.165) is 6.07 Å². The number of halogens is 3. The molecule has 0 N–H and O–H groups in total. The molecule has 3 heteroatoms. The lowest BCUT2D eigenvalue weighted by Crippen LogP contribution is -3.00. The molecule has 1 aromatic rings. The molecule has 0 nitrogen and oxygen atoms in total. The second kappa shape index (κ2) is 3.41. The van der Waals surface area contributed by atoms with E-state index in [9.17, 15) is 8.78 Å². The van der Waals surface area contributed by atoms with Gasteiger partial charge in [0.1, 0.15) is 11.6 Å². The number of benzene rings is 1. The molecule has 0 fully saturated rings. The first-order valence-corrected chi connectivity index (χ1v) is 2.20. The summed E-state index contributed by atoms with van der Waals surface area (Å²) in [5.74, 6) is -1.07. The van der Waals surface area contributed by atoms with Crippen molar-refractivity contribution in [2.75, 3.05) is 0 Å². The molecule has 0 saturated heterocycles. The van der Waals surface area contributed by atoms with Crippen LogP contribution < -0.4 is 12.4 Å². The molecule has 0 aliphatic rings. The van der Waals surface area contributed by atoms with Crippen molar-refractivity contribution in [3.8, 4) is 0 Å². The first kappa shape index (κ1) is 8.37. The maximum atomic E-state index is 11.9. The van der Waals surface area contributed by atoms with Crippen LogP contribution in [0.3, 0.4) is 0 Å². The van der Waals surface area contributed by atoms with Gasteiger partial charge in [0.05, 0.1) is 0 Å². The van der Waals surface area contributed by atoms with Gasteiger partial charge in [-0.3, -0.25) is 0 Å². The fourth-order valence-corrected chi connectivity index (χ4v) is 0.460. The van der Waals surface area contributed by atoms with Crippen LogP contribution in [0.2, 0.25) is 0 Å². The summed E-state index contributed by atoms with van der Waals surface area (Å²) in [5.41, 5.74) is 0. The first-order valence-electron chi connectivity index (χ1n) is 2.20. The average Bonchev–Trinajstić information content (AvgIpc) is 1.64. The van der Waals surface area contributed by atoms with Gasteiger partial charge >= 0.3 is 0 Å². The van der Waals surface area contributed by atoms with E-state index < -0.39 is 11.6 Å². The minimum Gasteiger partial charge on any atom is -1.00 e. The van der Waals surface area contributed by atoms with Crippen molar-refractivity contribution in [3.05, 3.63) is 35.9 Å². The van der Waals surface area contributed by atoms with Crippen LogP contribution in [0.25, 0.3) is 0 Å². The van der Waals surface area contributed by atoms with E-state index in [4.69, 9.17) is 0 Å². The fraction of sp³-hybridized carbons (Fsp3) is 0. The van der Waals surface area contributed by atoms with Gasteiger partial charge in [-0.1, -0.05) is 6.07 Å². The second-order valence-electron chi connectivity index (χ2n) is 1.44. The van der Waals surface area contributed by atoms with E-state index in [-0.39, 0.29) is 12.4 Å². The number of hydrogen-bond donors (Lipinski definition) is 0. The Balaban J connectivity index is 0.000000640. The number of hydrogen-bond acceptors (Lipinski definition) is 0. The van der Waals surface area contributed by atoms with Crippen LogP contribution in [0.5, 0.6) is 0 Å². The van der Waals surface area contributed by atoms with Crippen LogP contribution in [-0.2, 0) is 0 Å². The van der Waals surface area contributed by atoms with E-state index in [1.54, 1.807) is 0 Å². The van der Waals surface area contributed by atoms with Crippen molar-refractivity contribution >= 4 is 0 Å². The van der Waals surface area contributed by atoms with Crippen molar-refractivity contribution in [2.24, 2.45) is 0 Å². The molecule has 1 aromatic carbocycles. The van der Waals surface area contributed by atoms with Crippen LogP contribution >= 0.6 is 0 Å². The summed E-state index contributed by atoms with van der Waals surface area (Å²) in [6, 6.07) is 4.55. The molecule has 0 unspecified atom stereocenters. The first-order chi connectivity index (χ1) is 3.79. The Morgan fingerprint density at radius 3 is 1.67 bits per heavy atom. The summed E-state index contributed by atoms with van der Waals surface area (Å²) in [6.07, 6.45) is 0. The molecule has 1 rings (SSSR count). The maximum Gasteiger partial charge on any atom is 0.126 e. The van der Waals surface area contributed by atoms with E-state index in [1.807, 2.05) is 0 Å². The number of rotatable bonds is 0. The SMILES string of the molecule is Fc1cccc(F)c1.[Cl-]. The van der Waals surface area contributed by atoms with Gasteiger partial charge in [-0.2, -0.15) is 0 Å². The molecule has 0 aliphatic carbocycles. The van der Waals surface area contributed by atoms with Gasteiger partial charge in [0.2, 0.25) is 0 Å². The average molecular weight is 150 g/mol. The highest BCUT2D eigenvalue weighted by atomic mass is 35.5. The molecule has 0 bridgehead atoms. The van der Waals surface area contributed by atoms with Gasteiger partial charge in [0.25, 0.3) is 0 Å². The Morgan fingerprint density at radius 2 is 1.44 bits per heavy atom. The third-order valence-corrected chi connectivity index (χ3v) is 0.787. The van der Waals surface area contributed by atoms with Gasteiger partial charge in [0.15, 0.2) is 0 Å². The van der Waals surface area contributed by atoms with Gasteiger partial charge in [-0.15, -0.1) is 0 Å². The molecule has 0 atom stereocenters. The van der Waals surface area contributed by atoms with E-state index in [2.05, 4.69) is 0 Å². The van der Waals surface area contributed by atoms with E-state index in [0.29, 0.717) is 0 Å². The van der Waals surface area contributed by atoms with Crippen LogP contribution in [-0.4, -0.2) is 0 Å². The third kappa shape index (κ3) is 2.42. The lowest BCUT2D eigenvalue weighted by atomic mass is 10.3. The van der Waals surface area contributed by atoms with Crippen LogP contribution in [0, 0.1) is 11.6 Å². The van der Waals surface area contributed by atoms with Crippen molar-refractivity contribution in [2.45, 2.75) is 0 Å². The molecule has 0 spiro atoms. The van der Waals surface area contributed by atoms with Crippen LogP contribution in [0.4, 0.5) is 8.78 Å². The molecular formula is C6H4ClF2-. The Bertz CT molecular complexity index is 171. The largest absolute Gasteiger partial charge is 1.00 e. The minimum atomic E-state index is -0.537. The van der Waals surface area contributed by atoms with E-state index >= 15 is 0 Å². The van der Waals surface area contributed by atoms with Crippen molar-refractivity contribution in [1.82, 2.24) is 0 Å². The van der Waals surface area contributed by atoms with Gasteiger partial charge < -0.3 is 12.4 Å². The smallest absolute Gasteiger partial charge is 0.126 e. The molecule has 50 valence electrons. The minimum absolute atomic E-state index is 0. The molecule has 0 aliphatic heterocycles. The zero-order chi connectivity index (χ0) is 5.98. The summed E-state index contributed by atoms with van der Waals surface area (Å²) in [5, 5.41) is 0. The summed E-state index contributed by atoms with van der Waals surface area (Å²) in [6.45, 7) is 0. The summed E-state index contributed by atoms with van der Waals surface area (Å²) >= 11 is 0. The molecule has 0 aromatic heterocycles. The quantitative estimate of drug-likeness (QED) is 0.443. The summed E-state index contributed by atoms with van der Waals surface area (Å²) in [4.78, 5) is 0. The normalized spacial score (nSPS) is 8.22. The second-order valence-corrected chi connectivity index (χ2v) is 1.44. The van der Waals surface area contributed by atoms with Crippen LogP contribution in [0.15, 0.2) is 24.3 Å². The fourth-order valence-electron chi connectivity index (χ4n) is 0.460. The van der Waals surface area contributed by atoms with Crippen molar-refractivity contribution in [1.29, 1.82) is 0 Å². The highest BCUT2D eigenvalue weighted by Crippen LogP contribution is 1.99. The Kier molecular flexibility index (Phi) is 3.17. The van der Waals surface area contributed by atoms with Crippen molar-refractivity contribution < 1.29 is 21.2 Å². The molecule has 0 saturated carbocycles. The Labute approximate surface area is 57.9 Å². The lowest BCUT2D eigenvalue weighted by molar-refractivity contribution is -0.00000293. The third-order valence-electron chi connectivity index (χ3n) is 0.787. The van der Waals surface area contributed by atoms with Gasteiger partial charge in [-0.25, -0.2) is 8.78 Å². The molecule has 0 radical (unpaired) electrons. The monoisotopic (exact) mass is 149 g/mol. The highest BCUT2D eigenvalue weighted by Gasteiger charge is 1.88. The van der Waals surface area contributed by atoms with Crippen LogP contribution in [0.1, 0.15) is 0 Å². The molecule has 0 heterocycles. The topological polar surface area (TPSA) is 0 Å². The van der Waals surface area contributed by atoms with E-state index in [1.165, 1.54) is 18.2 Å². The Morgan fingerprint density at radius 1 is 1.00 bits per heavy atom. The van der Waals surface area contributed by atoms with Crippen molar-refractivity contribution in [3.63, 3.8) is 0 Å². The summed E-state index contributed by atoms with van der Waals surface area (Å²) in [7, 11) is 0. The standard InChI is InChI=1S/C6H4F2.ClH/c7-5-2-1-3-6(8)4-5;/h1-4H;1H/p-1. The summed E-state index contributed by atoms with van der Waals surface area (Å²) < 4.78 is 23.9. The zero-order valence-corrected chi connectivity index (χ0v) is 5.20. The highest BCUT2D eigenvalue weighted by molar-refractivity contribution is 5.04. The molecular weight excluding hydrogens is 146 g/mol. The zero-order valence-electron chi connectivity index (χ0n) is 4.44. The maximum absolute atomic E-state index is 11.9. The predicted octanol–water partition coefficient (Wildman–Crippen LogP) is -1.03. The molecule has 0 amide bonds. The lowest BCUT2D eigenvalue weighted by Gasteiger charge is -1.84. The van der Waals surface area contributed by atoms with Gasteiger partial charge in [0, 0.05) is 6.07 Å². The van der Waals surface area contributed by atoms with Gasteiger partial charge in [-0.05, 0) is 12.1 Å².